The number of benzene rings is 2. The summed E-state index contributed by atoms with van der Waals surface area (Å²) in [6.07, 6.45) is -1.18. The van der Waals surface area contributed by atoms with Gasteiger partial charge >= 0.3 is 6.18 Å². The van der Waals surface area contributed by atoms with Crippen molar-refractivity contribution in [2.45, 2.75) is 18.7 Å². The molecular formula is C29H31ClF3N5O5. The number of amides is 1. The van der Waals surface area contributed by atoms with Gasteiger partial charge in [-0.2, -0.15) is 13.2 Å². The monoisotopic (exact) mass is 621 g/mol. The predicted octanol–water partition coefficient (Wildman–Crippen LogP) is 5.68. The number of aromatic nitrogens is 2. The number of carbonyl (C=O) groups is 1. The number of carbonyl (C=O) groups excluding carboxylic acids is 1. The molecule has 14 heteroatoms. The standard InChI is InChI=1S/C29H31ClF3N5O5/c1-40-15-22(16-41-2)42-11-10-35-28(39)18-8-9-34-26-23(12-18)27(37-17-36-26)38-20-6-7-25(24(30)14-20)43-21-5-3-4-19(13-21)29(31,32)33/h3-7,12-14,17,22H,8-11,15-16H2,1-2H3,(H,35,39)(H2,34,36,37,38). The van der Waals surface area contributed by atoms with Gasteiger partial charge in [-0.15, -0.1) is 0 Å². The van der Waals surface area contributed by atoms with Crippen molar-refractivity contribution in [1.82, 2.24) is 15.3 Å². The van der Waals surface area contributed by atoms with E-state index in [1.807, 2.05) is 0 Å². The number of nitrogens with zero attached hydrogens (tertiary/aromatic N) is 2. The molecule has 43 heavy (non-hydrogen) atoms. The van der Waals surface area contributed by atoms with Gasteiger partial charge in [0.05, 0.1) is 36.0 Å². The second-order valence-electron chi connectivity index (χ2n) is 9.39. The fourth-order valence-corrected chi connectivity index (χ4v) is 4.41. The second kappa shape index (κ2) is 15.0. The highest BCUT2D eigenvalue weighted by Gasteiger charge is 2.30. The lowest BCUT2D eigenvalue weighted by atomic mass is 10.1. The number of rotatable bonds is 13. The second-order valence-corrected chi connectivity index (χ2v) is 9.80. The van der Waals surface area contributed by atoms with E-state index in [2.05, 4.69) is 25.9 Å². The van der Waals surface area contributed by atoms with Crippen LogP contribution in [0.15, 0.2) is 54.4 Å². The number of alkyl halides is 3. The molecule has 0 spiro atoms. The molecule has 0 saturated carbocycles. The molecule has 0 bridgehead atoms. The molecule has 0 fully saturated rings. The molecule has 0 atom stereocenters. The Morgan fingerprint density at radius 1 is 1.12 bits per heavy atom. The quantitative estimate of drug-likeness (QED) is 0.207. The van der Waals surface area contributed by atoms with Gasteiger partial charge in [0.25, 0.3) is 0 Å². The van der Waals surface area contributed by atoms with Crippen LogP contribution in [0.3, 0.4) is 0 Å². The van der Waals surface area contributed by atoms with Crippen LogP contribution in [0.25, 0.3) is 6.08 Å². The van der Waals surface area contributed by atoms with Gasteiger partial charge in [0.2, 0.25) is 5.91 Å². The van der Waals surface area contributed by atoms with E-state index in [1.54, 1.807) is 32.4 Å². The fraction of sp³-hybridized carbons (Fsp3) is 0.345. The van der Waals surface area contributed by atoms with Crippen molar-refractivity contribution < 1.29 is 36.9 Å². The summed E-state index contributed by atoms with van der Waals surface area (Å²) in [5.41, 5.74) is 0.800. The molecule has 0 aliphatic carbocycles. The SMILES string of the molecule is COCC(COC)OCCNC(=O)C1=Cc2c(ncnc2Nc2ccc(Oc3cccc(C(F)(F)F)c3)c(Cl)c2)NCC1. The van der Waals surface area contributed by atoms with Crippen molar-refractivity contribution in [1.29, 1.82) is 0 Å². The van der Waals surface area contributed by atoms with Gasteiger partial charge < -0.3 is 34.9 Å². The summed E-state index contributed by atoms with van der Waals surface area (Å²) in [4.78, 5) is 21.6. The van der Waals surface area contributed by atoms with Crippen molar-refractivity contribution in [3.05, 3.63) is 70.5 Å². The minimum absolute atomic E-state index is 0.00287. The highest BCUT2D eigenvalue weighted by atomic mass is 35.5. The lowest BCUT2D eigenvalue weighted by molar-refractivity contribution is -0.137. The summed E-state index contributed by atoms with van der Waals surface area (Å²) in [6, 6.07) is 9.26. The molecule has 1 aliphatic rings. The smallest absolute Gasteiger partial charge is 0.416 e. The number of methoxy groups -OCH3 is 2. The highest BCUT2D eigenvalue weighted by molar-refractivity contribution is 6.32. The number of hydrogen-bond acceptors (Lipinski definition) is 9. The minimum Gasteiger partial charge on any atom is -0.456 e. The van der Waals surface area contributed by atoms with E-state index in [1.165, 1.54) is 24.5 Å². The average Bonchev–Trinajstić information content (AvgIpc) is 3.20. The van der Waals surface area contributed by atoms with Gasteiger partial charge in [0.15, 0.2) is 0 Å². The molecule has 0 radical (unpaired) electrons. The Balaban J connectivity index is 1.44. The van der Waals surface area contributed by atoms with E-state index in [-0.39, 0.29) is 35.1 Å². The Kier molecular flexibility index (Phi) is 11.2. The van der Waals surface area contributed by atoms with Gasteiger partial charge in [0.1, 0.15) is 35.6 Å². The van der Waals surface area contributed by atoms with Crippen LogP contribution >= 0.6 is 11.6 Å². The zero-order chi connectivity index (χ0) is 30.8. The van der Waals surface area contributed by atoms with Crippen molar-refractivity contribution in [3.63, 3.8) is 0 Å². The van der Waals surface area contributed by atoms with Crippen LogP contribution in [0.2, 0.25) is 5.02 Å². The van der Waals surface area contributed by atoms with Crippen molar-refractivity contribution in [2.75, 3.05) is 57.8 Å². The van der Waals surface area contributed by atoms with Crippen LogP contribution in [0.5, 0.6) is 11.5 Å². The maximum Gasteiger partial charge on any atom is 0.416 e. The number of halogens is 4. The molecule has 3 aromatic rings. The van der Waals surface area contributed by atoms with Crippen LogP contribution in [-0.4, -0.2) is 69.1 Å². The summed E-state index contributed by atoms with van der Waals surface area (Å²) in [5, 5.41) is 9.41. The Morgan fingerprint density at radius 3 is 2.63 bits per heavy atom. The molecule has 1 aromatic heterocycles. The number of ether oxygens (including phenoxy) is 4. The first kappa shape index (κ1) is 32.0. The van der Waals surface area contributed by atoms with Crippen LogP contribution in [-0.2, 0) is 25.2 Å². The van der Waals surface area contributed by atoms with E-state index in [0.29, 0.717) is 61.2 Å². The first-order chi connectivity index (χ1) is 20.7. The van der Waals surface area contributed by atoms with Crippen molar-refractivity contribution >= 4 is 40.9 Å². The van der Waals surface area contributed by atoms with Crippen LogP contribution < -0.4 is 20.7 Å². The maximum atomic E-state index is 13.1. The van der Waals surface area contributed by atoms with E-state index >= 15 is 0 Å². The molecule has 10 nitrogen and oxygen atoms in total. The normalized spacial score (nSPS) is 13.0. The van der Waals surface area contributed by atoms with Crippen molar-refractivity contribution in [2.24, 2.45) is 0 Å². The topological polar surface area (TPSA) is 116 Å². The van der Waals surface area contributed by atoms with Gasteiger partial charge in [0, 0.05) is 38.6 Å². The van der Waals surface area contributed by atoms with Crippen LogP contribution in [0, 0.1) is 0 Å². The third kappa shape index (κ3) is 9.04. The summed E-state index contributed by atoms with van der Waals surface area (Å²) in [6.45, 7) is 1.82. The van der Waals surface area contributed by atoms with Crippen molar-refractivity contribution in [3.8, 4) is 11.5 Å². The first-order valence-electron chi connectivity index (χ1n) is 13.3. The molecule has 2 heterocycles. The molecular weight excluding hydrogens is 591 g/mol. The molecule has 0 saturated heterocycles. The van der Waals surface area contributed by atoms with E-state index in [0.717, 1.165) is 12.1 Å². The minimum atomic E-state index is -4.50. The Labute approximate surface area is 251 Å². The average molecular weight is 622 g/mol. The predicted molar refractivity (Wildman–Crippen MR) is 156 cm³/mol. The zero-order valence-electron chi connectivity index (χ0n) is 23.5. The van der Waals surface area contributed by atoms with Gasteiger partial charge in [-0.3, -0.25) is 4.79 Å². The molecule has 1 amide bonds. The van der Waals surface area contributed by atoms with Gasteiger partial charge in [-0.05, 0) is 48.9 Å². The van der Waals surface area contributed by atoms with E-state index < -0.39 is 11.7 Å². The summed E-state index contributed by atoms with van der Waals surface area (Å²) in [5.74, 6) is 0.881. The van der Waals surface area contributed by atoms with Crippen LogP contribution in [0.4, 0.5) is 30.5 Å². The third-order valence-electron chi connectivity index (χ3n) is 6.21. The van der Waals surface area contributed by atoms with Gasteiger partial charge in [-0.25, -0.2) is 9.97 Å². The lowest BCUT2D eigenvalue weighted by Crippen LogP contribution is -2.32. The number of nitrogens with one attached hydrogen (secondary N) is 3. The largest absolute Gasteiger partial charge is 0.456 e. The highest BCUT2D eigenvalue weighted by Crippen LogP contribution is 2.36. The van der Waals surface area contributed by atoms with Gasteiger partial charge in [-0.1, -0.05) is 17.7 Å². The van der Waals surface area contributed by atoms with E-state index in [9.17, 15) is 18.0 Å². The molecule has 4 rings (SSSR count). The molecule has 3 N–H and O–H groups in total. The number of hydrogen-bond donors (Lipinski definition) is 3. The Morgan fingerprint density at radius 2 is 1.91 bits per heavy atom. The first-order valence-corrected chi connectivity index (χ1v) is 13.6. The third-order valence-corrected chi connectivity index (χ3v) is 6.51. The summed E-state index contributed by atoms with van der Waals surface area (Å²) < 4.78 is 60.7. The van der Waals surface area contributed by atoms with Crippen LogP contribution in [0.1, 0.15) is 17.5 Å². The number of fused-ring (bicyclic) bond motifs is 1. The molecule has 230 valence electrons. The lowest BCUT2D eigenvalue weighted by Gasteiger charge is -2.16. The molecule has 1 aliphatic heterocycles. The fourth-order valence-electron chi connectivity index (χ4n) is 4.19. The number of anilines is 3. The van der Waals surface area contributed by atoms with E-state index in [4.69, 9.17) is 30.5 Å². The molecule has 0 unspecified atom stereocenters. The zero-order valence-corrected chi connectivity index (χ0v) is 24.2. The summed E-state index contributed by atoms with van der Waals surface area (Å²) in [7, 11) is 3.15. The Bertz CT molecular complexity index is 1430. The maximum absolute atomic E-state index is 13.1. The molecule has 2 aromatic carbocycles. The Hall–Kier alpha value is -3.91. The summed E-state index contributed by atoms with van der Waals surface area (Å²) >= 11 is 6.40.